The third-order valence-electron chi connectivity index (χ3n) is 3.98. The first-order valence-corrected chi connectivity index (χ1v) is 8.02. The molecule has 0 spiro atoms. The van der Waals surface area contributed by atoms with E-state index in [2.05, 4.69) is 0 Å². The van der Waals surface area contributed by atoms with Gasteiger partial charge in [-0.3, -0.25) is 9.59 Å². The molecule has 1 aromatic carbocycles. The van der Waals surface area contributed by atoms with Crippen LogP contribution in [0.4, 0.5) is 4.39 Å². The van der Waals surface area contributed by atoms with Gasteiger partial charge in [0.1, 0.15) is 5.82 Å². The number of likely N-dealkylation sites (tertiary alicyclic amines) is 1. The molecule has 3 nitrogen and oxygen atoms in total. The Morgan fingerprint density at radius 3 is 2.59 bits per heavy atom. The lowest BCUT2D eigenvalue weighted by atomic mass is 9.98. The summed E-state index contributed by atoms with van der Waals surface area (Å²) in [6.45, 7) is 2.63. The zero-order valence-electron chi connectivity index (χ0n) is 12.2. The van der Waals surface area contributed by atoms with E-state index in [0.29, 0.717) is 28.4 Å². The average molecular weight is 317 g/mol. The molecule has 1 fully saturated rings. The summed E-state index contributed by atoms with van der Waals surface area (Å²) < 4.78 is 13.8. The summed E-state index contributed by atoms with van der Waals surface area (Å²) in [5.41, 5.74) is 0.674. The number of benzene rings is 1. The largest absolute Gasteiger partial charge is 0.337 e. The van der Waals surface area contributed by atoms with Gasteiger partial charge in [-0.25, -0.2) is 4.39 Å². The molecule has 2 heterocycles. The van der Waals surface area contributed by atoms with Crippen LogP contribution in [0.15, 0.2) is 36.4 Å². The van der Waals surface area contributed by atoms with Gasteiger partial charge < -0.3 is 4.90 Å². The highest BCUT2D eigenvalue weighted by Crippen LogP contribution is 2.30. The molecule has 2 aromatic rings. The van der Waals surface area contributed by atoms with Gasteiger partial charge in [0.25, 0.3) is 5.91 Å². The number of carbonyl (C=O) groups excluding carboxylic acids is 2. The van der Waals surface area contributed by atoms with Gasteiger partial charge in [0.2, 0.25) is 0 Å². The smallest absolute Gasteiger partial charge is 0.263 e. The van der Waals surface area contributed by atoms with Crippen molar-refractivity contribution in [3.05, 3.63) is 57.5 Å². The second-order valence-electron chi connectivity index (χ2n) is 5.48. The number of halogens is 1. The van der Waals surface area contributed by atoms with Gasteiger partial charge in [0.05, 0.1) is 9.75 Å². The average Bonchev–Trinajstić information content (AvgIpc) is 3.17. The normalized spacial score (nSPS) is 17.7. The summed E-state index contributed by atoms with van der Waals surface area (Å²) in [5, 5.41) is 0. The Morgan fingerprint density at radius 2 is 1.91 bits per heavy atom. The molecule has 0 unspecified atom stereocenters. The minimum atomic E-state index is -0.211. The van der Waals surface area contributed by atoms with Gasteiger partial charge in [-0.2, -0.15) is 0 Å². The molecule has 0 saturated carbocycles. The van der Waals surface area contributed by atoms with Crippen LogP contribution in [0, 0.1) is 5.82 Å². The van der Waals surface area contributed by atoms with Crippen LogP contribution in [0.25, 0.3) is 0 Å². The summed E-state index contributed by atoms with van der Waals surface area (Å²) >= 11 is 1.22. The number of nitrogens with zero attached hydrogens (tertiary/aromatic N) is 1. The first kappa shape index (κ1) is 14.9. The Kier molecular flexibility index (Phi) is 4.07. The van der Waals surface area contributed by atoms with Crippen molar-refractivity contribution in [2.45, 2.75) is 19.3 Å². The number of Topliss-reactive ketones (excluding diaryl/α,β-unsaturated/α-hetero) is 1. The van der Waals surface area contributed by atoms with Gasteiger partial charge >= 0.3 is 0 Å². The topological polar surface area (TPSA) is 37.4 Å². The van der Waals surface area contributed by atoms with Crippen molar-refractivity contribution in [3.8, 4) is 0 Å². The summed E-state index contributed by atoms with van der Waals surface area (Å²) in [5.74, 6) is -0.278. The lowest BCUT2D eigenvalue weighted by Crippen LogP contribution is -2.27. The molecule has 0 bridgehead atoms. The fourth-order valence-electron chi connectivity index (χ4n) is 2.80. The fraction of sp³-hybridized carbons (Fsp3) is 0.294. The lowest BCUT2D eigenvalue weighted by molar-refractivity contribution is 0.0795. The maximum atomic E-state index is 13.8. The monoisotopic (exact) mass is 317 g/mol. The third-order valence-corrected chi connectivity index (χ3v) is 5.16. The number of amides is 1. The zero-order chi connectivity index (χ0) is 15.7. The van der Waals surface area contributed by atoms with Crippen LogP contribution in [-0.4, -0.2) is 29.7 Å². The summed E-state index contributed by atoms with van der Waals surface area (Å²) in [7, 11) is 0. The van der Waals surface area contributed by atoms with E-state index in [9.17, 15) is 14.0 Å². The lowest BCUT2D eigenvalue weighted by Gasteiger charge is -2.16. The van der Waals surface area contributed by atoms with E-state index < -0.39 is 0 Å². The molecule has 1 aromatic heterocycles. The first-order valence-electron chi connectivity index (χ1n) is 7.20. The third kappa shape index (κ3) is 2.81. The molecule has 0 radical (unpaired) electrons. The molecule has 1 aliphatic heterocycles. The number of rotatable bonds is 3. The van der Waals surface area contributed by atoms with Crippen LogP contribution < -0.4 is 0 Å². The molecular formula is C17H16FNO2S. The van der Waals surface area contributed by atoms with E-state index in [0.717, 1.165) is 6.42 Å². The number of carbonyl (C=O) groups is 2. The summed E-state index contributed by atoms with van der Waals surface area (Å²) in [6.07, 6.45) is 0.762. The van der Waals surface area contributed by atoms with E-state index in [1.165, 1.54) is 24.3 Å². The fourth-order valence-corrected chi connectivity index (χ4v) is 3.67. The van der Waals surface area contributed by atoms with Gasteiger partial charge in [-0.15, -0.1) is 11.3 Å². The number of ketones is 1. The highest BCUT2D eigenvalue weighted by atomic mass is 32.1. The predicted octanol–water partition coefficient (Wildman–Crippen LogP) is 3.72. The van der Waals surface area contributed by atoms with Crippen molar-refractivity contribution in [2.75, 3.05) is 13.1 Å². The number of thiophene rings is 1. The highest BCUT2D eigenvalue weighted by Gasteiger charge is 2.30. The Bertz CT molecular complexity index is 725. The van der Waals surface area contributed by atoms with E-state index in [-0.39, 0.29) is 23.4 Å². The van der Waals surface area contributed by atoms with E-state index >= 15 is 0 Å². The van der Waals surface area contributed by atoms with Crippen molar-refractivity contribution in [2.24, 2.45) is 0 Å². The SMILES string of the molecule is CC(=O)c1ccc(C(=O)N2CC[C@H](c3ccccc3F)C2)s1. The van der Waals surface area contributed by atoms with Crippen molar-refractivity contribution < 1.29 is 14.0 Å². The molecule has 0 N–H and O–H groups in total. The van der Waals surface area contributed by atoms with E-state index in [1.54, 1.807) is 29.2 Å². The maximum absolute atomic E-state index is 13.8. The molecule has 1 saturated heterocycles. The van der Waals surface area contributed by atoms with Crippen LogP contribution in [0.2, 0.25) is 0 Å². The Hall–Kier alpha value is -2.01. The second kappa shape index (κ2) is 6.01. The maximum Gasteiger partial charge on any atom is 0.263 e. The van der Waals surface area contributed by atoms with Gasteiger partial charge in [-0.1, -0.05) is 18.2 Å². The summed E-state index contributed by atoms with van der Waals surface area (Å²) in [6, 6.07) is 10.1. The van der Waals surface area contributed by atoms with Crippen LogP contribution in [0.5, 0.6) is 0 Å². The Morgan fingerprint density at radius 1 is 1.18 bits per heavy atom. The molecule has 5 heteroatoms. The molecule has 0 aliphatic carbocycles. The minimum Gasteiger partial charge on any atom is -0.337 e. The molecule has 22 heavy (non-hydrogen) atoms. The minimum absolute atomic E-state index is 0.0327. The van der Waals surface area contributed by atoms with Crippen molar-refractivity contribution in [3.63, 3.8) is 0 Å². The molecule has 1 aliphatic rings. The van der Waals surface area contributed by atoms with Gasteiger partial charge in [0.15, 0.2) is 5.78 Å². The molecule has 114 valence electrons. The van der Waals surface area contributed by atoms with Crippen LogP contribution >= 0.6 is 11.3 Å². The van der Waals surface area contributed by atoms with Crippen LogP contribution in [0.3, 0.4) is 0 Å². The molecular weight excluding hydrogens is 301 g/mol. The number of hydrogen-bond acceptors (Lipinski definition) is 3. The predicted molar refractivity (Wildman–Crippen MR) is 84.0 cm³/mol. The highest BCUT2D eigenvalue weighted by molar-refractivity contribution is 7.15. The van der Waals surface area contributed by atoms with Crippen molar-refractivity contribution in [1.29, 1.82) is 0 Å². The quantitative estimate of drug-likeness (QED) is 0.809. The summed E-state index contributed by atoms with van der Waals surface area (Å²) in [4.78, 5) is 26.7. The second-order valence-corrected chi connectivity index (χ2v) is 6.56. The van der Waals surface area contributed by atoms with Gasteiger partial charge in [-0.05, 0) is 37.1 Å². The molecule has 3 rings (SSSR count). The van der Waals surface area contributed by atoms with Crippen LogP contribution in [-0.2, 0) is 0 Å². The van der Waals surface area contributed by atoms with Crippen molar-refractivity contribution in [1.82, 2.24) is 4.90 Å². The van der Waals surface area contributed by atoms with E-state index in [4.69, 9.17) is 0 Å². The Labute approximate surface area is 132 Å². The standard InChI is InChI=1S/C17H16FNO2S/c1-11(20)15-6-7-16(22-15)17(21)19-9-8-12(10-19)13-4-2-3-5-14(13)18/h2-7,12H,8-10H2,1H3/t12-/m0/s1. The molecule has 1 amide bonds. The number of hydrogen-bond donors (Lipinski definition) is 0. The first-order chi connectivity index (χ1) is 10.6. The molecule has 1 atom stereocenters. The van der Waals surface area contributed by atoms with E-state index in [1.807, 2.05) is 6.07 Å². The Balaban J connectivity index is 1.73. The zero-order valence-corrected chi connectivity index (χ0v) is 13.0. The van der Waals surface area contributed by atoms with Gasteiger partial charge in [0, 0.05) is 19.0 Å². The van der Waals surface area contributed by atoms with Crippen molar-refractivity contribution >= 4 is 23.0 Å². The van der Waals surface area contributed by atoms with Crippen LogP contribution in [0.1, 0.15) is 44.2 Å².